The summed E-state index contributed by atoms with van der Waals surface area (Å²) >= 11 is 1.85. The monoisotopic (exact) mass is 958 g/mol. The molecule has 26 nitrogen and oxygen atoms in total. The number of anilines is 1. The van der Waals surface area contributed by atoms with Crippen LogP contribution in [-0.2, 0) is 46.0 Å². The van der Waals surface area contributed by atoms with Crippen molar-refractivity contribution in [2.45, 2.75) is 106 Å². The topological polar surface area (TPSA) is 410 Å². The summed E-state index contributed by atoms with van der Waals surface area (Å²) in [6.07, 6.45) is 2.59. The quantitative estimate of drug-likeness (QED) is 0.0256. The SMILES string of the molecule is Nc1nc(=O)n(C2OC(COP(=O)([O-])OP(=O)([O-])OP(=O)([O-])[O-])C(O)C2O)cc1C=CCNC(=O)CCCNC(=O)CCCCCNC(=O)CCCCC1SCC2NC(=O)NC21. The summed E-state index contributed by atoms with van der Waals surface area (Å²) in [7, 11) is -18.4. The first-order valence-electron chi connectivity index (χ1n) is 19.4. The number of urea groups is 1. The molecular formula is C32H49N8O18P3S-4. The predicted octanol–water partition coefficient (Wildman–Crippen LogP) is -3.31. The Morgan fingerprint density at radius 2 is 1.55 bits per heavy atom. The minimum atomic E-state index is -6.26. The van der Waals surface area contributed by atoms with Crippen molar-refractivity contribution < 1.29 is 80.5 Å². The molecule has 30 heteroatoms. The molecule has 9 N–H and O–H groups in total. The first kappa shape index (κ1) is 51.4. The molecule has 4 heterocycles. The van der Waals surface area contributed by atoms with E-state index >= 15 is 0 Å². The fourth-order valence-corrected chi connectivity index (χ4v) is 11.0. The number of amides is 5. The Hall–Kier alpha value is -3.26. The maximum atomic E-state index is 12.6. The maximum Gasteiger partial charge on any atom is 0.351 e. The Kier molecular flexibility index (Phi) is 19.6. The van der Waals surface area contributed by atoms with Gasteiger partial charge in [-0.15, -0.1) is 0 Å². The van der Waals surface area contributed by atoms with Crippen LogP contribution in [0.5, 0.6) is 0 Å². The van der Waals surface area contributed by atoms with Crippen molar-refractivity contribution in [2.75, 3.05) is 37.7 Å². The van der Waals surface area contributed by atoms with Crippen LogP contribution in [0, 0.1) is 0 Å². The van der Waals surface area contributed by atoms with Gasteiger partial charge in [0.05, 0.1) is 26.5 Å². The van der Waals surface area contributed by atoms with E-state index in [1.165, 1.54) is 12.2 Å². The molecule has 62 heavy (non-hydrogen) atoms. The number of ether oxygens (including phenoxy) is 1. The molecule has 1 aromatic heterocycles. The van der Waals surface area contributed by atoms with Gasteiger partial charge in [-0.2, -0.15) is 16.7 Å². The highest BCUT2D eigenvalue weighted by Gasteiger charge is 2.45. The van der Waals surface area contributed by atoms with Crippen molar-refractivity contribution in [3.8, 4) is 0 Å². The van der Waals surface area contributed by atoms with Gasteiger partial charge in [-0.1, -0.05) is 25.0 Å². The third-order valence-electron chi connectivity index (χ3n) is 9.52. The number of nitrogens with two attached hydrogens (primary N) is 1. The fraction of sp³-hybridized carbons (Fsp3) is 0.688. The molecule has 4 rings (SSSR count). The number of phosphoric ester groups is 1. The smallest absolute Gasteiger partial charge is 0.351 e. The minimum absolute atomic E-state index is 0.00209. The molecule has 1 aromatic rings. The molecule has 5 amide bonds. The van der Waals surface area contributed by atoms with Crippen molar-refractivity contribution in [1.82, 2.24) is 36.1 Å². The van der Waals surface area contributed by atoms with Gasteiger partial charge in [0.15, 0.2) is 6.23 Å². The molecular weight excluding hydrogens is 909 g/mol. The number of thioether (sulfide) groups is 1. The normalized spacial score (nSPS) is 25.4. The maximum absolute atomic E-state index is 12.6. The summed E-state index contributed by atoms with van der Waals surface area (Å²) in [5, 5.41) is 35.4. The van der Waals surface area contributed by atoms with Crippen LogP contribution in [0.25, 0.3) is 6.08 Å². The van der Waals surface area contributed by atoms with Gasteiger partial charge >= 0.3 is 11.7 Å². The van der Waals surface area contributed by atoms with E-state index < -0.39 is 60.3 Å². The molecule has 0 aromatic carbocycles. The van der Waals surface area contributed by atoms with Gasteiger partial charge in [-0.25, -0.2) is 13.9 Å². The Balaban J connectivity index is 1.06. The Bertz CT molecular complexity index is 1970. The number of carbonyl (C=O) groups is 4. The van der Waals surface area contributed by atoms with E-state index in [4.69, 9.17) is 10.5 Å². The lowest BCUT2D eigenvalue weighted by Gasteiger charge is -2.37. The first-order chi connectivity index (χ1) is 29.1. The van der Waals surface area contributed by atoms with E-state index in [1.807, 2.05) is 11.8 Å². The van der Waals surface area contributed by atoms with E-state index in [2.05, 4.69) is 44.7 Å². The number of phosphoric acid groups is 3. The second-order valence-corrected chi connectivity index (χ2v) is 19.8. The molecule has 3 aliphatic rings. The van der Waals surface area contributed by atoms with Gasteiger partial charge < -0.3 is 75.9 Å². The van der Waals surface area contributed by atoms with Gasteiger partial charge in [0.2, 0.25) is 17.7 Å². The van der Waals surface area contributed by atoms with Gasteiger partial charge in [0.1, 0.15) is 24.1 Å². The lowest BCUT2D eigenvalue weighted by molar-refractivity contribution is -0.339. The number of hydrogen-bond donors (Lipinski definition) is 8. The van der Waals surface area contributed by atoms with Crippen LogP contribution in [0.3, 0.4) is 0 Å². The molecule has 9 unspecified atom stereocenters. The second-order valence-electron chi connectivity index (χ2n) is 14.3. The first-order valence-corrected chi connectivity index (χ1v) is 24.8. The van der Waals surface area contributed by atoms with Crippen molar-refractivity contribution in [3.05, 3.63) is 28.3 Å². The number of aliphatic hydroxyl groups is 2. The van der Waals surface area contributed by atoms with Crippen LogP contribution in [0.15, 0.2) is 17.1 Å². The van der Waals surface area contributed by atoms with Crippen molar-refractivity contribution in [3.63, 3.8) is 0 Å². The zero-order valence-electron chi connectivity index (χ0n) is 33.0. The van der Waals surface area contributed by atoms with Crippen LogP contribution in [0.2, 0.25) is 0 Å². The number of fused-ring (bicyclic) bond motifs is 1. The van der Waals surface area contributed by atoms with Crippen molar-refractivity contribution >= 4 is 70.9 Å². The van der Waals surface area contributed by atoms with E-state index in [0.29, 0.717) is 42.0 Å². The number of nitrogens with zero attached hydrogens (tertiary/aromatic N) is 2. The average Bonchev–Trinajstić information content (AvgIpc) is 3.81. The van der Waals surface area contributed by atoms with Crippen molar-refractivity contribution in [1.29, 1.82) is 0 Å². The molecule has 0 aliphatic carbocycles. The number of nitrogens with one attached hydrogen (secondary N) is 5. The van der Waals surface area contributed by atoms with E-state index in [-0.39, 0.29) is 66.7 Å². The summed E-state index contributed by atoms with van der Waals surface area (Å²) in [6, 6.07) is 0.246. The Morgan fingerprint density at radius 3 is 2.24 bits per heavy atom. The van der Waals surface area contributed by atoms with Crippen LogP contribution in [0.4, 0.5) is 10.6 Å². The van der Waals surface area contributed by atoms with Crippen LogP contribution < -0.4 is 57.6 Å². The average molecular weight is 959 g/mol. The number of aromatic nitrogens is 2. The summed E-state index contributed by atoms with van der Waals surface area (Å²) in [5.74, 6) is 0.152. The standard InChI is InChI=1S/C32H53N8O18P3S/c33-29-19(16-40(32(47)39-29)30-28(45)27(44)21(56-30)17-55-60(51,52)58-61(53,54)57-59(48,49)50)8-6-14-35-25(43)12-7-15-36-23(41)10-2-1-5-13-34-24(42)11-4-3-9-22-26-20(18-62-22)37-31(46)38-26/h6,8,16,20-22,26-28,30,44-45H,1-5,7,9-15,17-18H2,(H,34,42)(H,35,43)(H,36,41)(H,51,52)(H,53,54)(H2,33,39,47)(H2,37,38,46)(H2,48,49,50)/p-4. The van der Waals surface area contributed by atoms with Crippen LogP contribution >= 0.6 is 35.2 Å². The van der Waals surface area contributed by atoms with E-state index in [0.717, 1.165) is 44.1 Å². The molecule has 0 radical (unpaired) electrons. The summed E-state index contributed by atoms with van der Waals surface area (Å²) in [5.41, 5.74) is 4.85. The van der Waals surface area contributed by atoms with Gasteiger partial charge in [-0.05, 0) is 32.1 Å². The van der Waals surface area contributed by atoms with Crippen LogP contribution in [-0.4, -0.2) is 111 Å². The highest BCUT2D eigenvalue weighted by molar-refractivity contribution is 8.00. The number of hydrogen-bond acceptors (Lipinski definition) is 21. The second kappa shape index (κ2) is 23.6. The van der Waals surface area contributed by atoms with Gasteiger partial charge in [0, 0.05) is 61.7 Å². The number of aliphatic hydroxyl groups excluding tert-OH is 2. The van der Waals surface area contributed by atoms with Gasteiger partial charge in [-0.3, -0.25) is 32.4 Å². The molecule has 3 aliphatic heterocycles. The summed E-state index contributed by atoms with van der Waals surface area (Å²) < 4.78 is 50.5. The van der Waals surface area contributed by atoms with E-state index in [1.54, 1.807) is 0 Å². The highest BCUT2D eigenvalue weighted by atomic mass is 32.2. The number of carbonyl (C=O) groups excluding carboxylic acids is 4. The summed E-state index contributed by atoms with van der Waals surface area (Å²) in [6.45, 7) is -0.414. The lowest BCUT2D eigenvalue weighted by Crippen LogP contribution is -2.36. The Morgan fingerprint density at radius 1 is 0.903 bits per heavy atom. The Labute approximate surface area is 358 Å². The molecule has 350 valence electrons. The largest absolute Gasteiger partial charge is 0.790 e. The molecule has 3 saturated heterocycles. The number of nitrogen functional groups attached to an aromatic ring is 1. The number of rotatable bonds is 26. The van der Waals surface area contributed by atoms with E-state index in [9.17, 15) is 67.5 Å². The van der Waals surface area contributed by atoms with Gasteiger partial charge in [0.25, 0.3) is 15.6 Å². The van der Waals surface area contributed by atoms with Crippen molar-refractivity contribution in [2.24, 2.45) is 0 Å². The fourth-order valence-electron chi connectivity index (χ4n) is 6.54. The summed E-state index contributed by atoms with van der Waals surface area (Å²) in [4.78, 5) is 108. The molecule has 3 fully saturated rings. The third kappa shape index (κ3) is 17.0. The molecule has 9 atom stereocenters. The third-order valence-corrected chi connectivity index (χ3v) is 14.7. The zero-order valence-corrected chi connectivity index (χ0v) is 36.5. The minimum Gasteiger partial charge on any atom is -0.790 e. The highest BCUT2D eigenvalue weighted by Crippen LogP contribution is 2.60. The lowest BCUT2D eigenvalue weighted by atomic mass is 10.0. The molecule has 0 bridgehead atoms. The predicted molar refractivity (Wildman–Crippen MR) is 209 cm³/mol. The molecule has 0 saturated carbocycles. The van der Waals surface area contributed by atoms with Crippen LogP contribution in [0.1, 0.15) is 76.0 Å². The molecule has 0 spiro atoms. The number of unbranched alkanes of at least 4 members (excludes halogenated alkanes) is 3. The zero-order chi connectivity index (χ0) is 45.7.